The molecule has 5 rings (SSSR count). The molecule has 202 valence electrons. The molecule has 0 atom stereocenters. The van der Waals surface area contributed by atoms with Gasteiger partial charge in [0, 0.05) is 24.5 Å². The van der Waals surface area contributed by atoms with Crippen LogP contribution < -0.4 is 5.14 Å². The average molecular weight is 554 g/mol. The molecule has 0 spiro atoms. The summed E-state index contributed by atoms with van der Waals surface area (Å²) in [5.74, 6) is -0.0582. The molecule has 2 aromatic carbocycles. The molecule has 0 bridgehead atoms. The molecule has 0 unspecified atom stereocenters. The van der Waals surface area contributed by atoms with Gasteiger partial charge >= 0.3 is 6.18 Å². The number of hydrogen-bond acceptors (Lipinski definition) is 5. The first-order valence-electron chi connectivity index (χ1n) is 12.4. The number of nitrogens with two attached hydrogens (primary N) is 1. The standard InChI is InChI=1S/C29H26F3N3O3S/c1-18-16-21(19-8-10-22(11-9-19)29(30,31)32)17-26(34-18)25-6-3-5-24(35-25)23-4-2-7-27(39(33,36)37)28(23)20-12-14-38-15-13-20/h2-11,16-17,20H,12-15H2,1H3,(H2,33,36,37). The maximum Gasteiger partial charge on any atom is 0.416 e. The van der Waals surface area contributed by atoms with Crippen LogP contribution in [0.1, 0.15) is 35.6 Å². The fraction of sp³-hybridized carbons (Fsp3) is 0.241. The highest BCUT2D eigenvalue weighted by Gasteiger charge is 2.30. The number of primary sulfonamides is 1. The van der Waals surface area contributed by atoms with E-state index in [1.165, 1.54) is 18.2 Å². The lowest BCUT2D eigenvalue weighted by molar-refractivity contribution is -0.137. The number of aromatic nitrogens is 2. The van der Waals surface area contributed by atoms with Crippen LogP contribution in [0.3, 0.4) is 0 Å². The summed E-state index contributed by atoms with van der Waals surface area (Å²) in [6, 6.07) is 19.0. The van der Waals surface area contributed by atoms with Gasteiger partial charge in [-0.3, -0.25) is 4.98 Å². The number of rotatable bonds is 5. The molecule has 0 radical (unpaired) electrons. The predicted molar refractivity (Wildman–Crippen MR) is 142 cm³/mol. The maximum atomic E-state index is 13.0. The van der Waals surface area contributed by atoms with Crippen molar-refractivity contribution in [1.82, 2.24) is 9.97 Å². The molecule has 0 aliphatic carbocycles. The fourth-order valence-corrected chi connectivity index (χ4v) is 5.82. The molecule has 0 saturated carbocycles. The third-order valence-electron chi connectivity index (χ3n) is 6.79. The van der Waals surface area contributed by atoms with Gasteiger partial charge in [0.25, 0.3) is 0 Å². The van der Waals surface area contributed by atoms with E-state index in [4.69, 9.17) is 14.9 Å². The van der Waals surface area contributed by atoms with Gasteiger partial charge < -0.3 is 4.74 Å². The number of aryl methyl sites for hydroxylation is 1. The second kappa shape index (κ2) is 10.5. The zero-order valence-corrected chi connectivity index (χ0v) is 21.9. The largest absolute Gasteiger partial charge is 0.416 e. The normalized spacial score (nSPS) is 14.9. The summed E-state index contributed by atoms with van der Waals surface area (Å²) < 4.78 is 69.6. The van der Waals surface area contributed by atoms with Crippen LogP contribution in [0.4, 0.5) is 13.2 Å². The molecule has 10 heteroatoms. The highest BCUT2D eigenvalue weighted by Crippen LogP contribution is 2.39. The van der Waals surface area contributed by atoms with Gasteiger partial charge in [-0.15, -0.1) is 0 Å². The van der Waals surface area contributed by atoms with Gasteiger partial charge in [0.05, 0.1) is 27.5 Å². The summed E-state index contributed by atoms with van der Waals surface area (Å²) >= 11 is 0. The topological polar surface area (TPSA) is 95.2 Å². The molecule has 3 heterocycles. The van der Waals surface area contributed by atoms with E-state index in [9.17, 15) is 21.6 Å². The van der Waals surface area contributed by atoms with Gasteiger partial charge in [-0.05, 0) is 84.8 Å². The van der Waals surface area contributed by atoms with Crippen LogP contribution in [-0.4, -0.2) is 31.6 Å². The number of pyridine rings is 2. The van der Waals surface area contributed by atoms with Crippen molar-refractivity contribution in [2.24, 2.45) is 5.14 Å². The lowest BCUT2D eigenvalue weighted by atomic mass is 9.87. The number of benzene rings is 2. The van der Waals surface area contributed by atoms with Crippen LogP contribution in [0.15, 0.2) is 77.7 Å². The van der Waals surface area contributed by atoms with Crippen molar-refractivity contribution < 1.29 is 26.3 Å². The Morgan fingerprint density at radius 2 is 1.51 bits per heavy atom. The second-order valence-electron chi connectivity index (χ2n) is 9.51. The van der Waals surface area contributed by atoms with Gasteiger partial charge in [0.2, 0.25) is 10.0 Å². The number of alkyl halides is 3. The maximum absolute atomic E-state index is 13.0. The Balaban J connectivity index is 1.58. The first-order chi connectivity index (χ1) is 18.5. The van der Waals surface area contributed by atoms with Crippen LogP contribution in [0, 0.1) is 6.92 Å². The van der Waals surface area contributed by atoms with Gasteiger partial charge in [-0.1, -0.05) is 30.3 Å². The number of halogens is 3. The Kier molecular flexibility index (Phi) is 7.28. The van der Waals surface area contributed by atoms with E-state index in [0.29, 0.717) is 71.1 Å². The molecule has 2 N–H and O–H groups in total. The quantitative estimate of drug-likeness (QED) is 0.311. The van der Waals surface area contributed by atoms with E-state index in [0.717, 1.165) is 12.1 Å². The van der Waals surface area contributed by atoms with Crippen molar-refractivity contribution in [2.75, 3.05) is 13.2 Å². The number of sulfonamides is 1. The van der Waals surface area contributed by atoms with Crippen LogP contribution in [0.5, 0.6) is 0 Å². The van der Waals surface area contributed by atoms with Gasteiger partial charge in [-0.25, -0.2) is 18.5 Å². The van der Waals surface area contributed by atoms with Crippen LogP contribution in [0.2, 0.25) is 0 Å². The second-order valence-corrected chi connectivity index (χ2v) is 11.0. The molecule has 4 aromatic rings. The molecule has 1 aliphatic rings. The SMILES string of the molecule is Cc1cc(-c2ccc(C(F)(F)F)cc2)cc(-c2cccc(-c3cccc(S(N)(=O)=O)c3C3CCOCC3)n2)n1. The van der Waals surface area contributed by atoms with Gasteiger partial charge in [0.1, 0.15) is 0 Å². The zero-order valence-electron chi connectivity index (χ0n) is 21.1. The summed E-state index contributed by atoms with van der Waals surface area (Å²) in [5, 5.41) is 5.60. The molecular formula is C29H26F3N3O3S. The minimum Gasteiger partial charge on any atom is -0.381 e. The molecular weight excluding hydrogens is 527 g/mol. The monoisotopic (exact) mass is 553 g/mol. The lowest BCUT2D eigenvalue weighted by Crippen LogP contribution is -2.21. The van der Waals surface area contributed by atoms with E-state index in [1.807, 2.05) is 12.1 Å². The summed E-state index contributed by atoms with van der Waals surface area (Å²) in [7, 11) is -3.98. The van der Waals surface area contributed by atoms with Gasteiger partial charge in [0.15, 0.2) is 0 Å². The first kappa shape index (κ1) is 27.0. The average Bonchev–Trinajstić information content (AvgIpc) is 2.92. The minimum absolute atomic E-state index is 0.0582. The first-order valence-corrected chi connectivity index (χ1v) is 13.9. The van der Waals surface area contributed by atoms with Crippen molar-refractivity contribution in [3.63, 3.8) is 0 Å². The third kappa shape index (κ3) is 5.88. The number of nitrogens with zero attached hydrogens (tertiary/aromatic N) is 2. The molecule has 1 fully saturated rings. The number of ether oxygens (including phenoxy) is 1. The molecule has 6 nitrogen and oxygen atoms in total. The fourth-order valence-electron chi connectivity index (χ4n) is 4.97. The summed E-state index contributed by atoms with van der Waals surface area (Å²) in [5.41, 5.74) is 4.25. The van der Waals surface area contributed by atoms with Crippen molar-refractivity contribution in [3.05, 3.63) is 89.6 Å². The van der Waals surface area contributed by atoms with E-state index in [-0.39, 0.29) is 10.8 Å². The lowest BCUT2D eigenvalue weighted by Gasteiger charge is -2.26. The third-order valence-corrected chi connectivity index (χ3v) is 7.76. The highest BCUT2D eigenvalue weighted by molar-refractivity contribution is 7.89. The Hall–Kier alpha value is -3.60. The minimum atomic E-state index is -4.41. The molecule has 0 amide bonds. The van der Waals surface area contributed by atoms with Gasteiger partial charge in [-0.2, -0.15) is 13.2 Å². The summed E-state index contributed by atoms with van der Waals surface area (Å²) in [4.78, 5) is 9.53. The van der Waals surface area contributed by atoms with Crippen molar-refractivity contribution in [3.8, 4) is 33.8 Å². The Morgan fingerprint density at radius 3 is 2.18 bits per heavy atom. The van der Waals surface area contributed by atoms with E-state index in [2.05, 4.69) is 4.98 Å². The number of hydrogen-bond donors (Lipinski definition) is 1. The van der Waals surface area contributed by atoms with Crippen LogP contribution >= 0.6 is 0 Å². The van der Waals surface area contributed by atoms with Crippen LogP contribution in [0.25, 0.3) is 33.8 Å². The predicted octanol–water partition coefficient (Wildman–Crippen LogP) is 6.35. The molecule has 1 aliphatic heterocycles. The van der Waals surface area contributed by atoms with Crippen molar-refractivity contribution >= 4 is 10.0 Å². The van der Waals surface area contributed by atoms with Crippen molar-refractivity contribution in [1.29, 1.82) is 0 Å². The zero-order chi connectivity index (χ0) is 27.8. The smallest absolute Gasteiger partial charge is 0.381 e. The summed E-state index contributed by atoms with van der Waals surface area (Å²) in [6.45, 7) is 2.85. The molecule has 2 aromatic heterocycles. The van der Waals surface area contributed by atoms with E-state index in [1.54, 1.807) is 37.3 Å². The summed E-state index contributed by atoms with van der Waals surface area (Å²) in [6.07, 6.45) is -3.09. The Bertz CT molecular complexity index is 1620. The van der Waals surface area contributed by atoms with Crippen molar-refractivity contribution in [2.45, 2.75) is 36.8 Å². The van der Waals surface area contributed by atoms with Crippen LogP contribution in [-0.2, 0) is 20.9 Å². The molecule has 1 saturated heterocycles. The van der Waals surface area contributed by atoms with E-state index < -0.39 is 21.8 Å². The Morgan fingerprint density at radius 1 is 0.846 bits per heavy atom. The Labute approximate surface area is 224 Å². The highest BCUT2D eigenvalue weighted by atomic mass is 32.2. The van der Waals surface area contributed by atoms with E-state index >= 15 is 0 Å². The molecule has 39 heavy (non-hydrogen) atoms.